The van der Waals surface area contributed by atoms with Gasteiger partial charge in [0.2, 0.25) is 5.88 Å². The van der Waals surface area contributed by atoms with Gasteiger partial charge in [-0.15, -0.1) is 0 Å². The van der Waals surface area contributed by atoms with Crippen LogP contribution in [0.2, 0.25) is 0 Å². The predicted molar refractivity (Wildman–Crippen MR) is 67.4 cm³/mol. The summed E-state index contributed by atoms with van der Waals surface area (Å²) in [5, 5.41) is 0. The molecule has 0 radical (unpaired) electrons. The second kappa shape index (κ2) is 5.23. The van der Waals surface area contributed by atoms with Crippen LogP contribution in [0.25, 0.3) is 0 Å². The fraction of sp³-hybridized carbons (Fsp3) is 0.583. The van der Waals surface area contributed by atoms with Crippen LogP contribution in [0.5, 0.6) is 5.88 Å². The molecule has 1 saturated heterocycles. The van der Waals surface area contributed by atoms with Gasteiger partial charge in [0, 0.05) is 20.2 Å². The van der Waals surface area contributed by atoms with Crippen LogP contribution >= 0.6 is 0 Å². The number of nitrogen functional groups attached to an aromatic ring is 1. The van der Waals surface area contributed by atoms with E-state index < -0.39 is 0 Å². The number of nitrogens with zero attached hydrogens (tertiary/aromatic N) is 2. The number of nitrogens with two attached hydrogens (primary N) is 1. The summed E-state index contributed by atoms with van der Waals surface area (Å²) in [5.74, 6) is 1.33. The van der Waals surface area contributed by atoms with Crippen LogP contribution < -0.4 is 15.4 Å². The van der Waals surface area contributed by atoms with Gasteiger partial charge in [-0.2, -0.15) is 4.98 Å². The summed E-state index contributed by atoms with van der Waals surface area (Å²) >= 11 is 0. The van der Waals surface area contributed by atoms with Crippen LogP contribution in [0.3, 0.4) is 0 Å². The Balaban J connectivity index is 2.04. The second-order valence-corrected chi connectivity index (χ2v) is 4.28. The number of hydrogen-bond acceptors (Lipinski definition) is 5. The van der Waals surface area contributed by atoms with Crippen molar-refractivity contribution in [2.45, 2.75) is 18.9 Å². The first kappa shape index (κ1) is 12.0. The van der Waals surface area contributed by atoms with E-state index in [0.717, 1.165) is 31.8 Å². The summed E-state index contributed by atoms with van der Waals surface area (Å²) in [4.78, 5) is 6.42. The van der Waals surface area contributed by atoms with Crippen molar-refractivity contribution < 1.29 is 9.47 Å². The van der Waals surface area contributed by atoms with E-state index in [1.807, 2.05) is 19.2 Å². The zero-order valence-corrected chi connectivity index (χ0v) is 10.3. The average Bonchev–Trinajstić information content (AvgIpc) is 2.82. The largest absolute Gasteiger partial charge is 0.479 e. The van der Waals surface area contributed by atoms with Crippen molar-refractivity contribution in [2.24, 2.45) is 0 Å². The molecule has 5 nitrogen and oxygen atoms in total. The van der Waals surface area contributed by atoms with E-state index in [1.54, 1.807) is 7.11 Å². The van der Waals surface area contributed by atoms with Crippen LogP contribution in [0, 0.1) is 0 Å². The number of ether oxygens (including phenoxy) is 2. The number of likely N-dealkylation sites (N-methyl/N-ethyl adjacent to an activating group) is 1. The molecule has 5 heteroatoms. The van der Waals surface area contributed by atoms with Crippen LogP contribution in [0.1, 0.15) is 12.8 Å². The summed E-state index contributed by atoms with van der Waals surface area (Å²) in [5.41, 5.74) is 6.29. The number of anilines is 2. The molecule has 1 aliphatic heterocycles. The predicted octanol–water partition coefficient (Wildman–Crippen LogP) is 1.29. The lowest BCUT2D eigenvalue weighted by molar-refractivity contribution is 0.116. The molecule has 1 aromatic heterocycles. The zero-order valence-electron chi connectivity index (χ0n) is 10.3. The third-order valence-corrected chi connectivity index (χ3v) is 2.96. The van der Waals surface area contributed by atoms with Crippen molar-refractivity contribution in [1.82, 2.24) is 4.98 Å². The Morgan fingerprint density at radius 2 is 2.41 bits per heavy atom. The van der Waals surface area contributed by atoms with Gasteiger partial charge in [-0.25, -0.2) is 0 Å². The van der Waals surface area contributed by atoms with Gasteiger partial charge in [0.05, 0.1) is 18.9 Å². The molecule has 94 valence electrons. The molecule has 2 rings (SSSR count). The van der Waals surface area contributed by atoms with E-state index in [4.69, 9.17) is 15.2 Å². The van der Waals surface area contributed by atoms with Gasteiger partial charge in [-0.1, -0.05) is 0 Å². The molecule has 0 amide bonds. The van der Waals surface area contributed by atoms with E-state index in [-0.39, 0.29) is 0 Å². The van der Waals surface area contributed by atoms with Crippen molar-refractivity contribution in [3.8, 4) is 5.88 Å². The highest BCUT2D eigenvalue weighted by Gasteiger charge is 2.18. The molecular formula is C12H19N3O2. The Bertz CT molecular complexity index is 378. The smallest absolute Gasteiger partial charge is 0.238 e. The van der Waals surface area contributed by atoms with Crippen LogP contribution in [-0.2, 0) is 4.74 Å². The van der Waals surface area contributed by atoms with Crippen LogP contribution in [0.4, 0.5) is 11.5 Å². The third-order valence-electron chi connectivity index (χ3n) is 2.96. The summed E-state index contributed by atoms with van der Waals surface area (Å²) in [6, 6.07) is 3.71. The SMILES string of the molecule is COc1nc(N(C)CC2CCCO2)ccc1N. The number of hydrogen-bond donors (Lipinski definition) is 1. The molecule has 1 unspecified atom stereocenters. The molecule has 0 aliphatic carbocycles. The van der Waals surface area contributed by atoms with Crippen molar-refractivity contribution in [3.63, 3.8) is 0 Å². The van der Waals surface area contributed by atoms with Crippen molar-refractivity contribution >= 4 is 11.5 Å². The molecule has 1 fully saturated rings. The molecule has 17 heavy (non-hydrogen) atoms. The van der Waals surface area contributed by atoms with E-state index in [2.05, 4.69) is 9.88 Å². The fourth-order valence-electron chi connectivity index (χ4n) is 2.00. The third kappa shape index (κ3) is 2.79. The molecule has 0 saturated carbocycles. The highest BCUT2D eigenvalue weighted by molar-refractivity contribution is 5.54. The molecule has 2 heterocycles. The van der Waals surface area contributed by atoms with Gasteiger partial charge in [0.15, 0.2) is 0 Å². The fourth-order valence-corrected chi connectivity index (χ4v) is 2.00. The van der Waals surface area contributed by atoms with Gasteiger partial charge in [-0.3, -0.25) is 0 Å². The van der Waals surface area contributed by atoms with E-state index >= 15 is 0 Å². The monoisotopic (exact) mass is 237 g/mol. The summed E-state index contributed by atoms with van der Waals surface area (Å²) in [7, 11) is 3.57. The van der Waals surface area contributed by atoms with Gasteiger partial charge >= 0.3 is 0 Å². The van der Waals surface area contributed by atoms with Gasteiger partial charge < -0.3 is 20.1 Å². The number of pyridine rings is 1. The molecule has 0 spiro atoms. The normalized spacial score (nSPS) is 19.3. The van der Waals surface area contributed by atoms with Crippen LogP contribution in [-0.4, -0.2) is 38.4 Å². The second-order valence-electron chi connectivity index (χ2n) is 4.28. The number of rotatable bonds is 4. The lowest BCUT2D eigenvalue weighted by atomic mass is 10.2. The van der Waals surface area contributed by atoms with Gasteiger partial charge in [0.1, 0.15) is 5.82 Å². The maximum Gasteiger partial charge on any atom is 0.238 e. The summed E-state index contributed by atoms with van der Waals surface area (Å²) < 4.78 is 10.7. The Morgan fingerprint density at radius 3 is 3.06 bits per heavy atom. The quantitative estimate of drug-likeness (QED) is 0.855. The Hall–Kier alpha value is -1.49. The van der Waals surface area contributed by atoms with Crippen molar-refractivity contribution in [2.75, 3.05) is 37.9 Å². The average molecular weight is 237 g/mol. The molecular weight excluding hydrogens is 218 g/mol. The lowest BCUT2D eigenvalue weighted by Gasteiger charge is -2.22. The Morgan fingerprint density at radius 1 is 1.59 bits per heavy atom. The number of aromatic nitrogens is 1. The maximum atomic E-state index is 5.73. The highest BCUT2D eigenvalue weighted by Crippen LogP contribution is 2.23. The summed E-state index contributed by atoms with van der Waals surface area (Å²) in [6.45, 7) is 1.72. The summed E-state index contributed by atoms with van der Waals surface area (Å²) in [6.07, 6.45) is 2.58. The molecule has 1 atom stereocenters. The zero-order chi connectivity index (χ0) is 12.3. The Kier molecular flexibility index (Phi) is 3.68. The minimum atomic E-state index is 0.311. The van der Waals surface area contributed by atoms with E-state index in [1.165, 1.54) is 0 Å². The van der Waals surface area contributed by atoms with E-state index in [0.29, 0.717) is 17.7 Å². The highest BCUT2D eigenvalue weighted by atomic mass is 16.5. The maximum absolute atomic E-state index is 5.73. The number of methoxy groups -OCH3 is 1. The first-order valence-electron chi connectivity index (χ1n) is 5.84. The van der Waals surface area contributed by atoms with Crippen molar-refractivity contribution in [3.05, 3.63) is 12.1 Å². The Labute approximate surface area is 102 Å². The molecule has 2 N–H and O–H groups in total. The minimum absolute atomic E-state index is 0.311. The topological polar surface area (TPSA) is 60.6 Å². The molecule has 0 aromatic carbocycles. The van der Waals surface area contributed by atoms with Gasteiger partial charge in [-0.05, 0) is 25.0 Å². The van der Waals surface area contributed by atoms with Crippen molar-refractivity contribution in [1.29, 1.82) is 0 Å². The van der Waals surface area contributed by atoms with E-state index in [9.17, 15) is 0 Å². The minimum Gasteiger partial charge on any atom is -0.479 e. The first-order chi connectivity index (χ1) is 8.20. The standard InChI is InChI=1S/C12H19N3O2/c1-15(8-9-4-3-7-17-9)11-6-5-10(13)12(14-11)16-2/h5-6,9H,3-4,7-8,13H2,1-2H3. The lowest BCUT2D eigenvalue weighted by Crippen LogP contribution is -2.29. The molecule has 1 aromatic rings. The molecule has 1 aliphatic rings. The first-order valence-corrected chi connectivity index (χ1v) is 5.84. The van der Waals surface area contributed by atoms with Crippen LogP contribution in [0.15, 0.2) is 12.1 Å². The van der Waals surface area contributed by atoms with Gasteiger partial charge in [0.25, 0.3) is 0 Å². The molecule has 0 bridgehead atoms.